The Bertz CT molecular complexity index is 711. The number of likely N-dealkylation sites (tertiary alicyclic amines) is 1. The third-order valence-corrected chi connectivity index (χ3v) is 5.74. The maximum absolute atomic E-state index is 12.2. The molecule has 2 fully saturated rings. The van der Waals surface area contributed by atoms with Gasteiger partial charge in [-0.05, 0) is 32.0 Å². The molecule has 2 aliphatic rings. The van der Waals surface area contributed by atoms with E-state index in [1.165, 1.54) is 0 Å². The molecule has 2 N–H and O–H groups in total. The molecule has 166 valence electrons. The van der Waals surface area contributed by atoms with Gasteiger partial charge in [0.2, 0.25) is 5.91 Å². The highest BCUT2D eigenvalue weighted by atomic mass is 16.2. The highest BCUT2D eigenvalue weighted by Crippen LogP contribution is 2.15. The summed E-state index contributed by atoms with van der Waals surface area (Å²) in [5, 5.41) is 6.81. The number of nitrogens with zero attached hydrogens (tertiary/aromatic N) is 5. The van der Waals surface area contributed by atoms with Gasteiger partial charge in [0.25, 0.3) is 0 Å². The smallest absolute Gasteiger partial charge is 0.225 e. The first-order chi connectivity index (χ1) is 14.5. The highest BCUT2D eigenvalue weighted by molar-refractivity contribution is 5.81. The number of anilines is 1. The average Bonchev–Trinajstić information content (AvgIpc) is 3.21. The molecule has 0 radical (unpaired) electrons. The largest absolute Gasteiger partial charge is 0.357 e. The van der Waals surface area contributed by atoms with Crippen LogP contribution >= 0.6 is 0 Å². The first-order valence-corrected chi connectivity index (χ1v) is 11.2. The molecule has 30 heavy (non-hydrogen) atoms. The van der Waals surface area contributed by atoms with Gasteiger partial charge < -0.3 is 25.3 Å². The van der Waals surface area contributed by atoms with E-state index in [9.17, 15) is 4.79 Å². The van der Waals surface area contributed by atoms with Gasteiger partial charge in [-0.2, -0.15) is 0 Å². The van der Waals surface area contributed by atoms with Crippen LogP contribution in [0.4, 0.5) is 5.82 Å². The van der Waals surface area contributed by atoms with Crippen LogP contribution < -0.4 is 15.5 Å². The Labute approximate surface area is 180 Å². The summed E-state index contributed by atoms with van der Waals surface area (Å²) in [6.45, 7) is 13.1. The number of piperazine rings is 1. The molecule has 1 amide bonds. The van der Waals surface area contributed by atoms with Crippen LogP contribution in [0.25, 0.3) is 0 Å². The third-order valence-electron chi connectivity index (χ3n) is 5.74. The molecule has 0 saturated carbocycles. The predicted molar refractivity (Wildman–Crippen MR) is 122 cm³/mol. The molecule has 2 aliphatic heterocycles. The van der Waals surface area contributed by atoms with Crippen molar-refractivity contribution >= 4 is 17.7 Å². The summed E-state index contributed by atoms with van der Waals surface area (Å²) in [7, 11) is 2.16. The van der Waals surface area contributed by atoms with Crippen LogP contribution in [0.1, 0.15) is 32.8 Å². The van der Waals surface area contributed by atoms with E-state index in [1.807, 2.05) is 24.9 Å². The number of carbonyl (C=O) groups excluding carboxylic acids is 1. The Morgan fingerprint density at radius 2 is 2.00 bits per heavy atom. The molecular formula is C22H37N7O. The maximum Gasteiger partial charge on any atom is 0.225 e. The van der Waals surface area contributed by atoms with Gasteiger partial charge >= 0.3 is 0 Å². The lowest BCUT2D eigenvalue weighted by molar-refractivity contribution is -0.133. The SMILES string of the molecule is CCNC(=NCc1ccc(N2CCN(C)CC2)nc1)NC1CCN(C(=O)C(C)C)C1. The van der Waals surface area contributed by atoms with Crippen molar-refractivity contribution in [1.82, 2.24) is 25.4 Å². The monoisotopic (exact) mass is 415 g/mol. The van der Waals surface area contributed by atoms with E-state index >= 15 is 0 Å². The first kappa shape index (κ1) is 22.3. The van der Waals surface area contributed by atoms with E-state index in [0.29, 0.717) is 6.54 Å². The van der Waals surface area contributed by atoms with E-state index in [4.69, 9.17) is 4.99 Å². The van der Waals surface area contributed by atoms with Crippen molar-refractivity contribution < 1.29 is 4.79 Å². The zero-order chi connectivity index (χ0) is 21.5. The van der Waals surface area contributed by atoms with E-state index in [2.05, 4.69) is 51.5 Å². The van der Waals surface area contributed by atoms with Crippen molar-refractivity contribution in [2.45, 2.75) is 39.8 Å². The molecule has 1 aromatic rings. The lowest BCUT2D eigenvalue weighted by Crippen LogP contribution is -2.45. The van der Waals surface area contributed by atoms with Gasteiger partial charge in [-0.25, -0.2) is 9.98 Å². The number of pyridine rings is 1. The number of aliphatic imine (C=N–C) groups is 1. The second-order valence-electron chi connectivity index (χ2n) is 8.58. The minimum Gasteiger partial charge on any atom is -0.357 e. The predicted octanol–water partition coefficient (Wildman–Crippen LogP) is 1.15. The van der Waals surface area contributed by atoms with Gasteiger partial charge in [-0.3, -0.25) is 4.79 Å². The quantitative estimate of drug-likeness (QED) is 0.536. The fraction of sp³-hybridized carbons (Fsp3) is 0.682. The molecule has 1 unspecified atom stereocenters. The van der Waals surface area contributed by atoms with Crippen molar-refractivity contribution in [1.29, 1.82) is 0 Å². The number of hydrogen-bond acceptors (Lipinski definition) is 5. The summed E-state index contributed by atoms with van der Waals surface area (Å²) in [4.78, 5) is 28.2. The zero-order valence-corrected chi connectivity index (χ0v) is 18.9. The lowest BCUT2D eigenvalue weighted by Gasteiger charge is -2.33. The van der Waals surface area contributed by atoms with Crippen molar-refractivity contribution in [3.63, 3.8) is 0 Å². The van der Waals surface area contributed by atoms with Crippen molar-refractivity contribution in [3.05, 3.63) is 23.9 Å². The Hall–Kier alpha value is -2.35. The minimum absolute atomic E-state index is 0.0481. The van der Waals surface area contributed by atoms with Gasteiger partial charge in [-0.15, -0.1) is 0 Å². The van der Waals surface area contributed by atoms with Crippen molar-refractivity contribution in [3.8, 4) is 0 Å². The Kier molecular flexibility index (Phi) is 7.90. The molecule has 0 aromatic carbocycles. The van der Waals surface area contributed by atoms with Crippen LogP contribution in [0.3, 0.4) is 0 Å². The fourth-order valence-electron chi connectivity index (χ4n) is 3.86. The summed E-state index contributed by atoms with van der Waals surface area (Å²) < 4.78 is 0. The Morgan fingerprint density at radius 3 is 2.63 bits per heavy atom. The van der Waals surface area contributed by atoms with E-state index in [0.717, 1.165) is 69.6 Å². The normalized spacial score (nSPS) is 20.7. The summed E-state index contributed by atoms with van der Waals surface area (Å²) in [5.41, 5.74) is 1.09. The number of nitrogens with one attached hydrogen (secondary N) is 2. The Morgan fingerprint density at radius 1 is 1.23 bits per heavy atom. The lowest BCUT2D eigenvalue weighted by atomic mass is 10.2. The molecule has 0 spiro atoms. The Balaban J connectivity index is 1.54. The number of rotatable bonds is 6. The number of likely N-dealkylation sites (N-methyl/N-ethyl adjacent to an activating group) is 1. The molecule has 2 saturated heterocycles. The van der Waals surface area contributed by atoms with Crippen LogP contribution in [0.15, 0.2) is 23.3 Å². The molecule has 0 aliphatic carbocycles. The summed E-state index contributed by atoms with van der Waals surface area (Å²) >= 11 is 0. The molecule has 8 heteroatoms. The highest BCUT2D eigenvalue weighted by Gasteiger charge is 2.28. The minimum atomic E-state index is 0.0481. The molecule has 0 bridgehead atoms. The number of hydrogen-bond donors (Lipinski definition) is 2. The summed E-state index contributed by atoms with van der Waals surface area (Å²) in [6, 6.07) is 4.46. The molecule has 1 atom stereocenters. The number of amides is 1. The fourth-order valence-corrected chi connectivity index (χ4v) is 3.86. The van der Waals surface area contributed by atoms with Gasteiger partial charge in [0.15, 0.2) is 5.96 Å². The van der Waals surface area contributed by atoms with Crippen LogP contribution in [-0.4, -0.2) is 85.6 Å². The van der Waals surface area contributed by atoms with Crippen LogP contribution in [0, 0.1) is 5.92 Å². The number of guanidine groups is 1. The number of carbonyl (C=O) groups is 1. The van der Waals surface area contributed by atoms with Crippen molar-refractivity contribution in [2.75, 3.05) is 57.8 Å². The topological polar surface area (TPSA) is 76.1 Å². The van der Waals surface area contributed by atoms with E-state index in [1.54, 1.807) is 0 Å². The molecule has 1 aromatic heterocycles. The second-order valence-corrected chi connectivity index (χ2v) is 8.58. The molecule has 8 nitrogen and oxygen atoms in total. The van der Waals surface area contributed by atoms with Gasteiger partial charge in [0.1, 0.15) is 5.82 Å². The third kappa shape index (κ3) is 6.08. The van der Waals surface area contributed by atoms with Crippen molar-refractivity contribution in [2.24, 2.45) is 10.9 Å². The van der Waals surface area contributed by atoms with Crippen LogP contribution in [0.2, 0.25) is 0 Å². The molecular weight excluding hydrogens is 378 g/mol. The van der Waals surface area contributed by atoms with Gasteiger partial charge in [-0.1, -0.05) is 19.9 Å². The van der Waals surface area contributed by atoms with Crippen LogP contribution in [0.5, 0.6) is 0 Å². The first-order valence-electron chi connectivity index (χ1n) is 11.2. The summed E-state index contributed by atoms with van der Waals surface area (Å²) in [6.07, 6.45) is 2.88. The second kappa shape index (κ2) is 10.6. The maximum atomic E-state index is 12.2. The van der Waals surface area contributed by atoms with Crippen LogP contribution in [-0.2, 0) is 11.3 Å². The van der Waals surface area contributed by atoms with Gasteiger partial charge in [0, 0.05) is 64.0 Å². The standard InChI is InChI=1S/C22H37N7O/c1-5-23-22(26-19-8-9-29(16-19)21(30)17(2)3)25-15-18-6-7-20(24-14-18)28-12-10-27(4)11-13-28/h6-7,14,17,19H,5,8-13,15-16H2,1-4H3,(H2,23,25,26). The zero-order valence-electron chi connectivity index (χ0n) is 18.9. The summed E-state index contributed by atoms with van der Waals surface area (Å²) in [5.74, 6) is 2.12. The van der Waals surface area contributed by atoms with E-state index < -0.39 is 0 Å². The number of aromatic nitrogens is 1. The van der Waals surface area contributed by atoms with Gasteiger partial charge in [0.05, 0.1) is 6.54 Å². The molecule has 3 rings (SSSR count). The molecule has 3 heterocycles. The van der Waals surface area contributed by atoms with E-state index in [-0.39, 0.29) is 17.9 Å². The average molecular weight is 416 g/mol.